The van der Waals surface area contributed by atoms with Crippen molar-refractivity contribution in [3.8, 4) is 0 Å². The molecule has 0 amide bonds. The highest BCUT2D eigenvalue weighted by Crippen LogP contribution is 2.37. The van der Waals surface area contributed by atoms with Crippen LogP contribution in [-0.2, 0) is 9.53 Å². The van der Waals surface area contributed by atoms with E-state index < -0.39 is 5.60 Å². The molecule has 1 saturated carbocycles. The van der Waals surface area contributed by atoms with Crippen molar-refractivity contribution in [3.63, 3.8) is 0 Å². The van der Waals surface area contributed by atoms with Crippen molar-refractivity contribution in [2.75, 3.05) is 0 Å². The Kier molecular flexibility index (Phi) is 6.71. The van der Waals surface area contributed by atoms with Crippen LogP contribution in [0.4, 0.5) is 0 Å². The van der Waals surface area contributed by atoms with Gasteiger partial charge in [-0.15, -0.1) is 0 Å². The van der Waals surface area contributed by atoms with E-state index in [-0.39, 0.29) is 17.5 Å². The molecule has 0 aromatic rings. The first kappa shape index (κ1) is 18.5. The summed E-state index contributed by atoms with van der Waals surface area (Å²) in [5.41, 5.74) is -0.930. The van der Waals surface area contributed by atoms with E-state index in [4.69, 9.17) is 4.74 Å². The number of carbonyl (C=O) groups excluding carboxylic acids is 1. The Bertz CT molecular complexity index is 331. The van der Waals surface area contributed by atoms with Gasteiger partial charge in [-0.1, -0.05) is 20.8 Å². The molecule has 0 aliphatic heterocycles. The molecular formula is C18H34O3. The normalized spacial score (nSPS) is 24.5. The van der Waals surface area contributed by atoms with Gasteiger partial charge in [-0.25, -0.2) is 0 Å². The van der Waals surface area contributed by atoms with Gasteiger partial charge in [0.15, 0.2) is 0 Å². The molecule has 0 radical (unpaired) electrons. The molecule has 3 nitrogen and oxygen atoms in total. The van der Waals surface area contributed by atoms with Crippen molar-refractivity contribution in [1.82, 2.24) is 0 Å². The lowest BCUT2D eigenvalue weighted by Gasteiger charge is -2.34. The number of rotatable bonds is 6. The molecule has 1 aliphatic carbocycles. The minimum Gasteiger partial charge on any atom is -0.462 e. The van der Waals surface area contributed by atoms with Crippen LogP contribution in [0, 0.1) is 11.3 Å². The molecule has 124 valence electrons. The third kappa shape index (κ3) is 4.70. The topological polar surface area (TPSA) is 46.5 Å². The van der Waals surface area contributed by atoms with Crippen molar-refractivity contribution in [3.05, 3.63) is 0 Å². The van der Waals surface area contributed by atoms with E-state index in [2.05, 4.69) is 13.8 Å². The lowest BCUT2D eigenvalue weighted by molar-refractivity contribution is -0.160. The van der Waals surface area contributed by atoms with Crippen LogP contribution >= 0.6 is 0 Å². The van der Waals surface area contributed by atoms with Crippen LogP contribution in [0.2, 0.25) is 0 Å². The number of aliphatic hydroxyl groups is 1. The minimum absolute atomic E-state index is 0.0336. The molecule has 0 aromatic carbocycles. The molecule has 0 saturated heterocycles. The van der Waals surface area contributed by atoms with E-state index in [9.17, 15) is 9.90 Å². The van der Waals surface area contributed by atoms with Crippen LogP contribution in [0.1, 0.15) is 86.0 Å². The number of hydrogen-bond acceptors (Lipinski definition) is 3. The van der Waals surface area contributed by atoms with E-state index in [0.717, 1.165) is 51.4 Å². The van der Waals surface area contributed by atoms with Gasteiger partial charge in [-0.2, -0.15) is 0 Å². The Labute approximate surface area is 130 Å². The van der Waals surface area contributed by atoms with Gasteiger partial charge >= 0.3 is 5.97 Å². The summed E-state index contributed by atoms with van der Waals surface area (Å²) < 4.78 is 5.73. The Balaban J connectivity index is 2.59. The molecule has 0 heterocycles. The largest absolute Gasteiger partial charge is 0.462 e. The Morgan fingerprint density at radius 3 is 2.19 bits per heavy atom. The summed E-state index contributed by atoms with van der Waals surface area (Å²) in [5, 5.41) is 10.7. The van der Waals surface area contributed by atoms with Crippen molar-refractivity contribution in [1.29, 1.82) is 0 Å². The summed E-state index contributed by atoms with van der Waals surface area (Å²) in [6.45, 7) is 10.0. The lowest BCUT2D eigenvalue weighted by atomic mass is 9.78. The predicted octanol–water partition coefficient (Wildman–Crippen LogP) is 4.47. The highest BCUT2D eigenvalue weighted by Gasteiger charge is 2.36. The SMILES string of the molecule is CCC(C)(C)C(=O)OC1CCCC(C(O)(CC)CC)CC1. The summed E-state index contributed by atoms with van der Waals surface area (Å²) in [4.78, 5) is 12.2. The fourth-order valence-corrected chi connectivity index (χ4v) is 3.21. The molecule has 1 N–H and O–H groups in total. The van der Waals surface area contributed by atoms with Crippen LogP contribution < -0.4 is 0 Å². The quantitative estimate of drug-likeness (QED) is 0.581. The highest BCUT2D eigenvalue weighted by atomic mass is 16.5. The summed E-state index contributed by atoms with van der Waals surface area (Å²) >= 11 is 0. The molecule has 0 spiro atoms. The minimum atomic E-state index is -0.540. The molecule has 2 unspecified atom stereocenters. The molecule has 21 heavy (non-hydrogen) atoms. The molecule has 1 rings (SSSR count). The van der Waals surface area contributed by atoms with Gasteiger partial charge in [-0.05, 0) is 71.1 Å². The van der Waals surface area contributed by atoms with Crippen molar-refractivity contribution in [2.45, 2.75) is 97.7 Å². The molecule has 0 bridgehead atoms. The maximum absolute atomic E-state index is 12.2. The third-order valence-electron chi connectivity index (χ3n) is 5.61. The van der Waals surface area contributed by atoms with E-state index >= 15 is 0 Å². The van der Waals surface area contributed by atoms with Crippen LogP contribution in [0.15, 0.2) is 0 Å². The van der Waals surface area contributed by atoms with Crippen LogP contribution in [-0.4, -0.2) is 22.8 Å². The first-order valence-corrected chi connectivity index (χ1v) is 8.72. The van der Waals surface area contributed by atoms with E-state index in [1.807, 2.05) is 20.8 Å². The fraction of sp³-hybridized carbons (Fsp3) is 0.944. The van der Waals surface area contributed by atoms with Gasteiger partial charge in [-0.3, -0.25) is 4.79 Å². The molecule has 1 aliphatic rings. The standard InChI is InChI=1S/C18H34O3/c1-6-17(4,5)16(19)21-15-11-9-10-14(12-13-15)18(20,7-2)8-3/h14-15,20H,6-13H2,1-5H3. The smallest absolute Gasteiger partial charge is 0.311 e. The van der Waals surface area contributed by atoms with Gasteiger partial charge in [0.25, 0.3) is 0 Å². The highest BCUT2D eigenvalue weighted by molar-refractivity contribution is 5.75. The summed E-state index contributed by atoms with van der Waals surface area (Å²) in [6.07, 6.45) is 7.31. The Hall–Kier alpha value is -0.570. The monoisotopic (exact) mass is 298 g/mol. The molecule has 3 heteroatoms. The number of esters is 1. The van der Waals surface area contributed by atoms with E-state index in [1.54, 1.807) is 0 Å². The average molecular weight is 298 g/mol. The van der Waals surface area contributed by atoms with Gasteiger partial charge in [0.2, 0.25) is 0 Å². The number of carbonyl (C=O) groups is 1. The zero-order valence-corrected chi connectivity index (χ0v) is 14.6. The Morgan fingerprint density at radius 2 is 1.67 bits per heavy atom. The maximum Gasteiger partial charge on any atom is 0.311 e. The maximum atomic E-state index is 12.2. The second kappa shape index (κ2) is 7.62. The predicted molar refractivity (Wildman–Crippen MR) is 86.1 cm³/mol. The lowest BCUT2D eigenvalue weighted by Crippen LogP contribution is -2.36. The van der Waals surface area contributed by atoms with Crippen molar-refractivity contribution >= 4 is 5.97 Å². The molecule has 0 aromatic heterocycles. The van der Waals surface area contributed by atoms with Gasteiger partial charge < -0.3 is 9.84 Å². The zero-order valence-electron chi connectivity index (χ0n) is 14.6. The van der Waals surface area contributed by atoms with Gasteiger partial charge in [0, 0.05) is 0 Å². The first-order chi connectivity index (χ1) is 9.79. The van der Waals surface area contributed by atoms with Crippen LogP contribution in [0.3, 0.4) is 0 Å². The fourth-order valence-electron chi connectivity index (χ4n) is 3.21. The van der Waals surface area contributed by atoms with Crippen LogP contribution in [0.5, 0.6) is 0 Å². The zero-order chi connectivity index (χ0) is 16.1. The van der Waals surface area contributed by atoms with E-state index in [0.29, 0.717) is 5.92 Å². The third-order valence-corrected chi connectivity index (χ3v) is 5.61. The first-order valence-electron chi connectivity index (χ1n) is 8.72. The summed E-state index contributed by atoms with van der Waals surface area (Å²) in [7, 11) is 0. The molecule has 2 atom stereocenters. The van der Waals surface area contributed by atoms with E-state index in [1.165, 1.54) is 0 Å². The second-order valence-corrected chi connectivity index (χ2v) is 7.28. The van der Waals surface area contributed by atoms with Crippen molar-refractivity contribution in [2.24, 2.45) is 11.3 Å². The van der Waals surface area contributed by atoms with Gasteiger partial charge in [0.05, 0.1) is 11.0 Å². The second-order valence-electron chi connectivity index (χ2n) is 7.28. The van der Waals surface area contributed by atoms with Crippen LogP contribution in [0.25, 0.3) is 0 Å². The average Bonchev–Trinajstić information content (AvgIpc) is 2.72. The summed E-state index contributed by atoms with van der Waals surface area (Å²) in [6, 6.07) is 0. The molecule has 1 fully saturated rings. The number of ether oxygens (including phenoxy) is 1. The molecular weight excluding hydrogens is 264 g/mol. The van der Waals surface area contributed by atoms with Crippen molar-refractivity contribution < 1.29 is 14.6 Å². The van der Waals surface area contributed by atoms with Gasteiger partial charge in [0.1, 0.15) is 6.10 Å². The Morgan fingerprint density at radius 1 is 1.05 bits per heavy atom. The summed E-state index contributed by atoms with van der Waals surface area (Å²) in [5.74, 6) is 0.269. The number of hydrogen-bond donors (Lipinski definition) is 1.